The summed E-state index contributed by atoms with van der Waals surface area (Å²) in [5.74, 6) is -0.162. The Morgan fingerprint density at radius 2 is 2.04 bits per heavy atom. The first-order valence-electron chi connectivity index (χ1n) is 9.01. The zero-order chi connectivity index (χ0) is 18.6. The van der Waals surface area contributed by atoms with Crippen molar-refractivity contribution in [2.75, 3.05) is 6.61 Å². The van der Waals surface area contributed by atoms with E-state index in [1.807, 2.05) is 13.1 Å². The zero-order valence-electron chi connectivity index (χ0n) is 15.1. The van der Waals surface area contributed by atoms with Crippen LogP contribution in [-0.2, 0) is 16.0 Å². The van der Waals surface area contributed by atoms with Crippen LogP contribution in [0, 0.1) is 0 Å². The van der Waals surface area contributed by atoms with Gasteiger partial charge in [0, 0.05) is 11.1 Å². The maximum absolute atomic E-state index is 11.7. The van der Waals surface area contributed by atoms with Gasteiger partial charge in [0.15, 0.2) is 4.96 Å². The largest absolute Gasteiger partial charge is 0.466 e. The van der Waals surface area contributed by atoms with Gasteiger partial charge in [-0.2, -0.15) is 0 Å². The lowest BCUT2D eigenvalue weighted by atomic mass is 10.1. The molecule has 0 amide bonds. The minimum absolute atomic E-state index is 0.162. The van der Waals surface area contributed by atoms with E-state index < -0.39 is 0 Å². The van der Waals surface area contributed by atoms with Crippen LogP contribution in [-0.4, -0.2) is 22.0 Å². The van der Waals surface area contributed by atoms with E-state index >= 15 is 0 Å². The van der Waals surface area contributed by atoms with Crippen molar-refractivity contribution in [1.82, 2.24) is 9.38 Å². The number of aryl methyl sites for hydroxylation is 1. The third kappa shape index (κ3) is 3.78. The summed E-state index contributed by atoms with van der Waals surface area (Å²) in [4.78, 5) is 17.1. The van der Waals surface area contributed by atoms with Crippen molar-refractivity contribution in [3.05, 3.63) is 71.0 Å². The molecular formula is C22H20N2O2S. The molecule has 0 saturated heterocycles. The van der Waals surface area contributed by atoms with Gasteiger partial charge in [-0.3, -0.25) is 9.20 Å². The molecule has 2 heterocycles. The molecule has 0 spiro atoms. The SMILES string of the molecule is CCOC(=O)CCc1csc2ncc(C=Cc3ccc4ccccc4c3)n12. The van der Waals surface area contributed by atoms with E-state index in [-0.39, 0.29) is 5.97 Å². The molecule has 0 aliphatic heterocycles. The van der Waals surface area contributed by atoms with Crippen LogP contribution in [0.5, 0.6) is 0 Å². The molecule has 0 fully saturated rings. The molecule has 4 nitrogen and oxygen atoms in total. The van der Waals surface area contributed by atoms with Crippen molar-refractivity contribution >= 4 is 45.2 Å². The fraction of sp³-hybridized carbons (Fsp3) is 0.182. The highest BCUT2D eigenvalue weighted by Crippen LogP contribution is 2.22. The third-order valence-electron chi connectivity index (χ3n) is 4.45. The van der Waals surface area contributed by atoms with E-state index in [0.717, 1.165) is 21.9 Å². The average molecular weight is 376 g/mol. The van der Waals surface area contributed by atoms with Crippen LogP contribution in [0.2, 0.25) is 0 Å². The maximum Gasteiger partial charge on any atom is 0.306 e. The summed E-state index contributed by atoms with van der Waals surface area (Å²) in [6, 6.07) is 14.8. The number of imidazole rings is 1. The Bertz CT molecular complexity index is 1120. The standard InChI is InChI=1S/C22H20N2O2S/c1-2-26-21(25)12-11-20-15-27-22-23-14-19(24(20)22)10-8-16-7-9-17-5-3-4-6-18(17)13-16/h3-10,13-15H,2,11-12H2,1H3. The van der Waals surface area contributed by atoms with E-state index in [1.165, 1.54) is 10.8 Å². The van der Waals surface area contributed by atoms with Gasteiger partial charge in [-0.1, -0.05) is 42.5 Å². The van der Waals surface area contributed by atoms with Crippen LogP contribution in [0.3, 0.4) is 0 Å². The van der Waals surface area contributed by atoms with E-state index in [9.17, 15) is 4.79 Å². The Morgan fingerprint density at radius 1 is 1.19 bits per heavy atom. The molecule has 4 aromatic rings. The molecule has 0 bridgehead atoms. The Labute approximate surface area is 161 Å². The zero-order valence-corrected chi connectivity index (χ0v) is 15.9. The predicted molar refractivity (Wildman–Crippen MR) is 111 cm³/mol. The number of rotatable bonds is 6. The molecule has 5 heteroatoms. The maximum atomic E-state index is 11.7. The monoisotopic (exact) mass is 376 g/mol. The highest BCUT2D eigenvalue weighted by Gasteiger charge is 2.11. The van der Waals surface area contributed by atoms with Crippen molar-refractivity contribution in [1.29, 1.82) is 0 Å². The number of nitrogens with zero attached hydrogens (tertiary/aromatic N) is 2. The Morgan fingerprint density at radius 3 is 2.89 bits per heavy atom. The fourth-order valence-corrected chi connectivity index (χ4v) is 4.04. The molecule has 0 aliphatic carbocycles. The molecule has 2 aromatic carbocycles. The van der Waals surface area contributed by atoms with Crippen LogP contribution in [0.1, 0.15) is 30.3 Å². The van der Waals surface area contributed by atoms with Gasteiger partial charge in [-0.25, -0.2) is 4.98 Å². The van der Waals surface area contributed by atoms with Crippen molar-refractivity contribution in [2.45, 2.75) is 19.8 Å². The second-order valence-electron chi connectivity index (χ2n) is 6.27. The number of benzene rings is 2. The Hall–Kier alpha value is -2.92. The van der Waals surface area contributed by atoms with Gasteiger partial charge in [0.2, 0.25) is 0 Å². The molecule has 0 saturated carbocycles. The summed E-state index contributed by atoms with van der Waals surface area (Å²) >= 11 is 1.59. The predicted octanol–water partition coefficient (Wildman–Crippen LogP) is 5.22. The summed E-state index contributed by atoms with van der Waals surface area (Å²) in [7, 11) is 0. The lowest BCUT2D eigenvalue weighted by Crippen LogP contribution is -2.06. The second kappa shape index (κ2) is 7.76. The molecule has 0 atom stereocenters. The van der Waals surface area contributed by atoms with Crippen LogP contribution < -0.4 is 0 Å². The first-order chi connectivity index (χ1) is 13.2. The lowest BCUT2D eigenvalue weighted by Gasteiger charge is -2.03. The molecule has 0 radical (unpaired) electrons. The van der Waals surface area contributed by atoms with Crippen LogP contribution in [0.15, 0.2) is 54.0 Å². The minimum Gasteiger partial charge on any atom is -0.466 e. The average Bonchev–Trinajstić information content (AvgIpc) is 3.27. The number of esters is 1. The summed E-state index contributed by atoms with van der Waals surface area (Å²) in [5, 5.41) is 4.53. The number of hydrogen-bond donors (Lipinski definition) is 0. The molecule has 0 unspecified atom stereocenters. The van der Waals surface area contributed by atoms with Crippen molar-refractivity contribution < 1.29 is 9.53 Å². The minimum atomic E-state index is -0.162. The second-order valence-corrected chi connectivity index (χ2v) is 7.11. The van der Waals surface area contributed by atoms with Crippen molar-refractivity contribution in [3.63, 3.8) is 0 Å². The van der Waals surface area contributed by atoms with E-state index in [2.05, 4.69) is 69.4 Å². The number of thiazole rings is 1. The summed E-state index contributed by atoms with van der Waals surface area (Å²) in [6.07, 6.45) is 7.07. The topological polar surface area (TPSA) is 43.6 Å². The van der Waals surface area contributed by atoms with E-state index in [4.69, 9.17) is 4.74 Å². The lowest BCUT2D eigenvalue weighted by molar-refractivity contribution is -0.143. The Kier molecular flexibility index (Phi) is 5.03. The number of carbonyl (C=O) groups excluding carboxylic acids is 1. The van der Waals surface area contributed by atoms with Gasteiger partial charge in [-0.05, 0) is 41.8 Å². The first kappa shape index (κ1) is 17.5. The molecule has 2 aromatic heterocycles. The van der Waals surface area contributed by atoms with Gasteiger partial charge >= 0.3 is 5.97 Å². The fourth-order valence-electron chi connectivity index (χ4n) is 3.14. The number of fused-ring (bicyclic) bond motifs is 2. The highest BCUT2D eigenvalue weighted by molar-refractivity contribution is 7.15. The van der Waals surface area contributed by atoms with Crippen LogP contribution >= 0.6 is 11.3 Å². The van der Waals surface area contributed by atoms with Crippen LogP contribution in [0.25, 0.3) is 27.9 Å². The Balaban J connectivity index is 1.58. The highest BCUT2D eigenvalue weighted by atomic mass is 32.1. The molecular weight excluding hydrogens is 356 g/mol. The third-order valence-corrected chi connectivity index (χ3v) is 5.34. The number of hydrogen-bond acceptors (Lipinski definition) is 4. The normalized spacial score (nSPS) is 11.6. The van der Waals surface area contributed by atoms with E-state index in [1.54, 1.807) is 11.3 Å². The van der Waals surface area contributed by atoms with Crippen molar-refractivity contribution in [2.24, 2.45) is 0 Å². The van der Waals surface area contributed by atoms with Gasteiger partial charge in [0.25, 0.3) is 0 Å². The van der Waals surface area contributed by atoms with Crippen molar-refractivity contribution in [3.8, 4) is 0 Å². The smallest absolute Gasteiger partial charge is 0.306 e. The molecule has 136 valence electrons. The molecule has 0 aliphatic rings. The van der Waals surface area contributed by atoms with Gasteiger partial charge in [-0.15, -0.1) is 11.3 Å². The summed E-state index contributed by atoms with van der Waals surface area (Å²) < 4.78 is 7.14. The summed E-state index contributed by atoms with van der Waals surface area (Å²) in [6.45, 7) is 2.24. The first-order valence-corrected chi connectivity index (χ1v) is 9.89. The summed E-state index contributed by atoms with van der Waals surface area (Å²) in [5.41, 5.74) is 3.24. The number of ether oxygens (including phenoxy) is 1. The molecule has 27 heavy (non-hydrogen) atoms. The van der Waals surface area contributed by atoms with Gasteiger partial charge < -0.3 is 4.74 Å². The number of aromatic nitrogens is 2. The molecule has 4 rings (SSSR count). The number of carbonyl (C=O) groups is 1. The van der Waals surface area contributed by atoms with E-state index in [0.29, 0.717) is 19.4 Å². The van der Waals surface area contributed by atoms with Crippen LogP contribution in [0.4, 0.5) is 0 Å². The molecule has 0 N–H and O–H groups in total. The van der Waals surface area contributed by atoms with Gasteiger partial charge in [0.05, 0.1) is 24.9 Å². The van der Waals surface area contributed by atoms with Gasteiger partial charge in [0.1, 0.15) is 0 Å². The quantitative estimate of drug-likeness (QED) is 0.434.